The molecule has 18 nitrogen and oxygen atoms in total. The molecule has 2 fully saturated rings. The Morgan fingerprint density at radius 2 is 1.26 bits per heavy atom. The predicted octanol–water partition coefficient (Wildman–Crippen LogP) is -2.40. The molecule has 0 aromatic rings. The number of carbonyl (C=O) groups is 7. The van der Waals surface area contributed by atoms with Gasteiger partial charge in [-0.05, 0) is 31.9 Å². The molecule has 7 N–H and O–H groups in total. The Morgan fingerprint density at radius 1 is 0.755 bits per heavy atom. The van der Waals surface area contributed by atoms with Gasteiger partial charge in [-0.3, -0.25) is 28.8 Å². The van der Waals surface area contributed by atoms with Crippen molar-refractivity contribution in [2.75, 3.05) is 53.4 Å². The van der Waals surface area contributed by atoms with Gasteiger partial charge in [-0.15, -0.1) is 23.5 Å². The molecule has 20 heteroatoms. The summed E-state index contributed by atoms with van der Waals surface area (Å²) in [5.41, 5.74) is 12.1. The normalized spacial score (nSPS) is 33.3. The minimum atomic E-state index is -1.61. The lowest BCUT2D eigenvalue weighted by atomic mass is 10.0. The number of aliphatic hydroxyl groups excluding tert-OH is 1. The Bertz CT molecular complexity index is 1360. The van der Waals surface area contributed by atoms with E-state index in [1.54, 1.807) is 34.0 Å². The molecule has 2 aliphatic rings. The maximum Gasteiger partial charge on any atom is 0.329 e. The first-order valence-corrected chi connectivity index (χ1v) is 19.7. The summed E-state index contributed by atoms with van der Waals surface area (Å²) < 4.78 is 10.2. The molecule has 0 unspecified atom stereocenters. The second kappa shape index (κ2) is 19.9. The molecule has 10 atom stereocenters. The second-order valence-corrected chi connectivity index (χ2v) is 16.6. The van der Waals surface area contributed by atoms with E-state index in [-0.39, 0.29) is 5.75 Å². The van der Waals surface area contributed by atoms with Crippen molar-refractivity contribution in [3.63, 3.8) is 0 Å². The van der Waals surface area contributed by atoms with Gasteiger partial charge in [-0.2, -0.15) is 0 Å². The highest BCUT2D eigenvalue weighted by atomic mass is 32.2. The zero-order valence-corrected chi connectivity index (χ0v) is 34.1. The highest BCUT2D eigenvalue weighted by molar-refractivity contribution is 8.16. The second-order valence-electron chi connectivity index (χ2n) is 14.1. The van der Waals surface area contributed by atoms with E-state index in [9.17, 15) is 38.7 Å². The zero-order valence-electron chi connectivity index (χ0n) is 32.4. The van der Waals surface area contributed by atoms with E-state index in [1.807, 2.05) is 0 Å². The number of hydrogen-bond donors (Lipinski definition) is 5. The number of likely N-dealkylation sites (N-methyl/N-ethyl adjacent to an activating group) is 4. The molecule has 2 heterocycles. The number of rotatable bonds is 3. The highest BCUT2D eigenvalue weighted by Gasteiger charge is 2.44. The first-order valence-electron chi connectivity index (χ1n) is 17.4. The van der Waals surface area contributed by atoms with Crippen LogP contribution < -0.4 is 22.1 Å². The summed E-state index contributed by atoms with van der Waals surface area (Å²) in [5, 5.41) is 16.3. The maximum atomic E-state index is 14.6. The van der Waals surface area contributed by atoms with Crippen molar-refractivity contribution in [2.45, 2.75) is 101 Å². The lowest BCUT2D eigenvalue weighted by Gasteiger charge is -2.41. The SMILES string of the molecule is CS[C@@H]1SC[C@H]2C(=O)N(C)[C@@H](C(C)C)C(=O)OC[C@@H](N)C(=O)N[C@@H](C)C(=O)N(C)[C@@H]1C(=O)N(C)[C@@H](C(C)C)[C@H](O)OC[C@@H](N)C(=O)N[C@@H](C)C(=O)N2C. The van der Waals surface area contributed by atoms with Crippen LogP contribution in [-0.2, 0) is 43.0 Å². The zero-order chi connectivity index (χ0) is 40.6. The van der Waals surface area contributed by atoms with E-state index in [4.69, 9.17) is 20.9 Å². The molecular formula is C33H58N8O10S2. The van der Waals surface area contributed by atoms with Gasteiger partial charge in [-0.25, -0.2) is 4.79 Å². The number of fused-ring (bicyclic) bond motifs is 4. The number of amides is 6. The summed E-state index contributed by atoms with van der Waals surface area (Å²) in [7, 11) is 5.62. The van der Waals surface area contributed by atoms with Gasteiger partial charge >= 0.3 is 5.97 Å². The van der Waals surface area contributed by atoms with E-state index < -0.39 is 126 Å². The van der Waals surface area contributed by atoms with Gasteiger partial charge in [-0.1, -0.05) is 27.7 Å². The molecule has 2 aliphatic heterocycles. The number of aliphatic hydroxyl groups is 1. The molecule has 6 amide bonds. The van der Waals surface area contributed by atoms with Crippen LogP contribution in [0, 0.1) is 11.8 Å². The van der Waals surface area contributed by atoms with E-state index in [1.165, 1.54) is 68.5 Å². The van der Waals surface area contributed by atoms with Crippen LogP contribution in [0.3, 0.4) is 0 Å². The fraction of sp³-hybridized carbons (Fsp3) is 0.788. The summed E-state index contributed by atoms with van der Waals surface area (Å²) in [6.07, 6.45) is 0.0987. The summed E-state index contributed by atoms with van der Waals surface area (Å²) in [4.78, 5) is 101. The van der Waals surface area contributed by atoms with Crippen LogP contribution in [0.4, 0.5) is 0 Å². The van der Waals surface area contributed by atoms with Gasteiger partial charge in [0.25, 0.3) is 0 Å². The monoisotopic (exact) mass is 790 g/mol. The van der Waals surface area contributed by atoms with Crippen LogP contribution in [0.5, 0.6) is 0 Å². The molecule has 2 bridgehead atoms. The van der Waals surface area contributed by atoms with Crippen LogP contribution in [-0.4, -0.2) is 179 Å². The third kappa shape index (κ3) is 11.2. The van der Waals surface area contributed by atoms with Crippen molar-refractivity contribution >= 4 is 64.9 Å². The molecule has 2 rings (SSSR count). The standard InChI is InChI=1S/C33H58N8O10S2/c1-15(2)22-31(48)50-12-20(35)26(43)37-18(6)28(45)41(10)24-30(47)40(9)23(16(3)4)32(49)51-13-19(34)25(42)36-17(5)27(44)38(7)21(29(46)39(22)8)14-53-33(24)52-11/h15-24,32-33,49H,12-14,34-35H2,1-11H3,(H,36,42)(H,37,43)/t17-,18-,19+,20+,21-,22-,23-,24+,32+,33+/m0/s1. The molecule has 0 aromatic heterocycles. The number of nitrogens with zero attached hydrogens (tertiary/aromatic N) is 4. The molecule has 0 radical (unpaired) electrons. The number of ether oxygens (including phenoxy) is 2. The molecule has 0 aromatic carbocycles. The van der Waals surface area contributed by atoms with Crippen molar-refractivity contribution in [1.82, 2.24) is 30.2 Å². The fourth-order valence-corrected chi connectivity index (χ4v) is 8.79. The molecule has 2 saturated heterocycles. The number of nitrogens with two attached hydrogens (primary N) is 2. The van der Waals surface area contributed by atoms with E-state index >= 15 is 0 Å². The summed E-state index contributed by atoms with van der Waals surface area (Å²) in [5.74, 6) is -5.99. The summed E-state index contributed by atoms with van der Waals surface area (Å²) >= 11 is 2.33. The fourth-order valence-electron chi connectivity index (χ4n) is 6.24. The smallest absolute Gasteiger partial charge is 0.329 e. The number of hydrogen-bond acceptors (Lipinski definition) is 14. The number of carbonyl (C=O) groups excluding carboxylic acids is 7. The van der Waals surface area contributed by atoms with Crippen molar-refractivity contribution in [1.29, 1.82) is 0 Å². The summed E-state index contributed by atoms with van der Waals surface area (Å²) in [6.45, 7) is 8.70. The number of thioether (sulfide) groups is 2. The van der Waals surface area contributed by atoms with Gasteiger partial charge in [0.05, 0.1) is 17.2 Å². The van der Waals surface area contributed by atoms with Crippen LogP contribution in [0.2, 0.25) is 0 Å². The Labute approximate surface area is 320 Å². The van der Waals surface area contributed by atoms with Gasteiger partial charge in [0.2, 0.25) is 35.4 Å². The minimum absolute atomic E-state index is 0.122. The third-order valence-corrected chi connectivity index (χ3v) is 12.2. The number of nitrogens with one attached hydrogen (secondary N) is 2. The van der Waals surface area contributed by atoms with Crippen LogP contribution in [0.15, 0.2) is 0 Å². The van der Waals surface area contributed by atoms with Crippen LogP contribution in [0.25, 0.3) is 0 Å². The quantitative estimate of drug-likeness (QED) is 0.187. The van der Waals surface area contributed by atoms with E-state index in [0.29, 0.717) is 0 Å². The van der Waals surface area contributed by atoms with E-state index in [0.717, 1.165) is 16.7 Å². The van der Waals surface area contributed by atoms with E-state index in [2.05, 4.69) is 10.6 Å². The largest absolute Gasteiger partial charge is 0.462 e. The molecule has 0 spiro atoms. The Morgan fingerprint density at radius 3 is 1.75 bits per heavy atom. The molecule has 302 valence electrons. The third-order valence-electron chi connectivity index (χ3n) is 9.42. The van der Waals surface area contributed by atoms with Gasteiger partial charge in [0, 0.05) is 33.9 Å². The highest BCUT2D eigenvalue weighted by Crippen LogP contribution is 2.32. The van der Waals surface area contributed by atoms with Gasteiger partial charge < -0.3 is 56.3 Å². The van der Waals surface area contributed by atoms with Crippen LogP contribution in [0.1, 0.15) is 41.5 Å². The molecular weight excluding hydrogens is 733 g/mol. The van der Waals surface area contributed by atoms with Gasteiger partial charge in [0.1, 0.15) is 48.9 Å². The first-order chi connectivity index (χ1) is 24.6. The van der Waals surface area contributed by atoms with Crippen molar-refractivity contribution in [3.05, 3.63) is 0 Å². The van der Waals surface area contributed by atoms with Crippen molar-refractivity contribution < 1.29 is 48.1 Å². The number of esters is 1. The lowest BCUT2D eigenvalue weighted by Crippen LogP contribution is -2.61. The Hall–Kier alpha value is -3.17. The van der Waals surface area contributed by atoms with Crippen molar-refractivity contribution in [3.8, 4) is 0 Å². The average Bonchev–Trinajstić information content (AvgIpc) is 3.09. The van der Waals surface area contributed by atoms with Crippen molar-refractivity contribution in [2.24, 2.45) is 23.3 Å². The average molecular weight is 791 g/mol. The Balaban J connectivity index is 2.89. The summed E-state index contributed by atoms with van der Waals surface area (Å²) in [6, 6.07) is -9.72. The van der Waals surface area contributed by atoms with Gasteiger partial charge in [0.15, 0.2) is 6.29 Å². The maximum absolute atomic E-state index is 14.6. The minimum Gasteiger partial charge on any atom is -0.462 e. The topological polar surface area (TPSA) is 247 Å². The Kier molecular flexibility index (Phi) is 17.3. The van der Waals surface area contributed by atoms with Crippen LogP contribution >= 0.6 is 23.5 Å². The molecule has 0 aliphatic carbocycles. The number of cyclic esters (lactones) is 1. The molecule has 53 heavy (non-hydrogen) atoms. The lowest BCUT2D eigenvalue weighted by molar-refractivity contribution is -0.171. The predicted molar refractivity (Wildman–Crippen MR) is 200 cm³/mol. The first kappa shape index (κ1) is 46.0. The molecule has 0 saturated carbocycles.